The number of hydrogen-bond donors (Lipinski definition) is 1. The number of aliphatic carboxylic acids is 1. The fourth-order valence-corrected chi connectivity index (χ4v) is 0.241. The molecule has 0 heterocycles. The molecule has 0 fully saturated rings. The SMILES string of the molecule is CC(C)(C)C#CC(=O)O. The van der Waals surface area contributed by atoms with Crippen LogP contribution in [0.4, 0.5) is 0 Å². The van der Waals surface area contributed by atoms with Gasteiger partial charge in [0.05, 0.1) is 0 Å². The van der Waals surface area contributed by atoms with E-state index >= 15 is 0 Å². The normalized spacial score (nSPS) is 9.67. The second-order valence-electron chi connectivity index (χ2n) is 2.81. The van der Waals surface area contributed by atoms with Gasteiger partial charge in [-0.25, -0.2) is 4.79 Å². The molecule has 9 heavy (non-hydrogen) atoms. The highest BCUT2D eigenvalue weighted by atomic mass is 16.4. The number of carboxylic acids is 1. The predicted octanol–water partition coefficient (Wildman–Crippen LogP) is 1.12. The molecule has 0 saturated heterocycles. The lowest BCUT2D eigenvalue weighted by Gasteiger charge is -2.05. The summed E-state index contributed by atoms with van der Waals surface area (Å²) < 4.78 is 0. The van der Waals surface area contributed by atoms with Crippen molar-refractivity contribution < 1.29 is 9.90 Å². The Bertz CT molecular complexity index is 164. The maximum atomic E-state index is 9.87. The van der Waals surface area contributed by atoms with Crippen molar-refractivity contribution in [3.8, 4) is 11.8 Å². The molecule has 0 atom stereocenters. The van der Waals surface area contributed by atoms with Crippen LogP contribution in [-0.4, -0.2) is 11.1 Å². The molecule has 0 aliphatic heterocycles. The molecule has 0 rings (SSSR count). The topological polar surface area (TPSA) is 37.3 Å². The summed E-state index contributed by atoms with van der Waals surface area (Å²) in [5.74, 6) is 3.56. The van der Waals surface area contributed by atoms with E-state index in [1.54, 1.807) is 0 Å². The highest BCUT2D eigenvalue weighted by Gasteiger charge is 2.03. The predicted molar refractivity (Wildman–Crippen MR) is 34.9 cm³/mol. The van der Waals surface area contributed by atoms with Gasteiger partial charge in [0.1, 0.15) is 0 Å². The van der Waals surface area contributed by atoms with Crippen molar-refractivity contribution in [3.63, 3.8) is 0 Å². The fourth-order valence-electron chi connectivity index (χ4n) is 0.241. The number of carboxylic acid groups (broad SMARTS) is 1. The molecule has 0 amide bonds. The van der Waals surface area contributed by atoms with E-state index < -0.39 is 5.97 Å². The molecule has 0 aromatic carbocycles. The zero-order valence-electron chi connectivity index (χ0n) is 5.86. The minimum Gasteiger partial charge on any atom is -0.472 e. The smallest absolute Gasteiger partial charge is 0.381 e. The quantitative estimate of drug-likeness (QED) is 0.494. The van der Waals surface area contributed by atoms with Gasteiger partial charge in [-0.3, -0.25) is 0 Å². The van der Waals surface area contributed by atoms with Crippen LogP contribution in [0.3, 0.4) is 0 Å². The van der Waals surface area contributed by atoms with Crippen molar-refractivity contribution in [2.45, 2.75) is 20.8 Å². The van der Waals surface area contributed by atoms with Gasteiger partial charge in [0, 0.05) is 11.3 Å². The van der Waals surface area contributed by atoms with Crippen LogP contribution < -0.4 is 0 Å². The Morgan fingerprint density at radius 1 is 1.44 bits per heavy atom. The Labute approximate surface area is 54.9 Å². The van der Waals surface area contributed by atoms with Crippen LogP contribution in [0.25, 0.3) is 0 Å². The monoisotopic (exact) mass is 126 g/mol. The van der Waals surface area contributed by atoms with E-state index in [0.717, 1.165) is 0 Å². The van der Waals surface area contributed by atoms with E-state index in [-0.39, 0.29) is 5.41 Å². The van der Waals surface area contributed by atoms with Crippen LogP contribution in [0.2, 0.25) is 0 Å². The summed E-state index contributed by atoms with van der Waals surface area (Å²) in [6.07, 6.45) is 0. The molecule has 0 aromatic rings. The lowest BCUT2D eigenvalue weighted by atomic mass is 9.98. The van der Waals surface area contributed by atoms with Gasteiger partial charge in [-0.1, -0.05) is 5.92 Å². The number of rotatable bonds is 0. The van der Waals surface area contributed by atoms with Crippen molar-refractivity contribution >= 4 is 5.97 Å². The average Bonchev–Trinajstić information content (AvgIpc) is 1.59. The van der Waals surface area contributed by atoms with E-state index in [4.69, 9.17) is 5.11 Å². The summed E-state index contributed by atoms with van der Waals surface area (Å²) in [6.45, 7) is 5.59. The minimum atomic E-state index is -1.06. The zero-order chi connectivity index (χ0) is 7.49. The van der Waals surface area contributed by atoms with E-state index in [1.165, 1.54) is 0 Å². The Morgan fingerprint density at radius 2 is 1.89 bits per heavy atom. The Balaban J connectivity index is 4.04. The summed E-state index contributed by atoms with van der Waals surface area (Å²) in [4.78, 5) is 9.87. The largest absolute Gasteiger partial charge is 0.472 e. The minimum absolute atomic E-state index is 0.210. The first-order valence-electron chi connectivity index (χ1n) is 2.68. The van der Waals surface area contributed by atoms with Gasteiger partial charge >= 0.3 is 5.97 Å². The molecule has 0 unspecified atom stereocenters. The van der Waals surface area contributed by atoms with Crippen LogP contribution >= 0.6 is 0 Å². The average molecular weight is 126 g/mol. The third-order valence-electron chi connectivity index (χ3n) is 0.544. The Morgan fingerprint density at radius 3 is 2.00 bits per heavy atom. The van der Waals surface area contributed by atoms with Gasteiger partial charge in [-0.05, 0) is 20.8 Å². The van der Waals surface area contributed by atoms with Gasteiger partial charge in [-0.15, -0.1) is 0 Å². The maximum absolute atomic E-state index is 9.87. The van der Waals surface area contributed by atoms with Crippen LogP contribution in [0, 0.1) is 17.3 Å². The Hall–Kier alpha value is -0.970. The van der Waals surface area contributed by atoms with E-state index in [1.807, 2.05) is 20.8 Å². The molecule has 2 heteroatoms. The first-order valence-corrected chi connectivity index (χ1v) is 2.68. The standard InChI is InChI=1S/C7H10O2/c1-7(2,3)5-4-6(8)9/h1-3H3,(H,8,9). The summed E-state index contributed by atoms with van der Waals surface area (Å²) in [5, 5.41) is 8.10. The highest BCUT2D eigenvalue weighted by molar-refractivity contribution is 5.86. The molecular formula is C7H10O2. The molecule has 1 N–H and O–H groups in total. The number of carbonyl (C=O) groups is 1. The van der Waals surface area contributed by atoms with Crippen molar-refractivity contribution in [1.29, 1.82) is 0 Å². The molecule has 2 nitrogen and oxygen atoms in total. The van der Waals surface area contributed by atoms with E-state index in [9.17, 15) is 4.79 Å². The summed E-state index contributed by atoms with van der Waals surface area (Å²) in [5.41, 5.74) is -0.210. The molecule has 0 aliphatic rings. The molecular weight excluding hydrogens is 116 g/mol. The van der Waals surface area contributed by atoms with Crippen LogP contribution in [0.1, 0.15) is 20.8 Å². The first-order chi connectivity index (χ1) is 3.92. The second-order valence-corrected chi connectivity index (χ2v) is 2.81. The molecule has 0 radical (unpaired) electrons. The van der Waals surface area contributed by atoms with Crippen LogP contribution in [0.15, 0.2) is 0 Å². The molecule has 0 aromatic heterocycles. The van der Waals surface area contributed by atoms with E-state index in [2.05, 4.69) is 11.8 Å². The summed E-state index contributed by atoms with van der Waals surface area (Å²) in [6, 6.07) is 0. The molecule has 0 aliphatic carbocycles. The highest BCUT2D eigenvalue weighted by Crippen LogP contribution is 2.09. The van der Waals surface area contributed by atoms with Gasteiger partial charge < -0.3 is 5.11 Å². The van der Waals surface area contributed by atoms with Gasteiger partial charge in [0.15, 0.2) is 0 Å². The molecule has 50 valence electrons. The van der Waals surface area contributed by atoms with Gasteiger partial charge in [-0.2, -0.15) is 0 Å². The summed E-state index contributed by atoms with van der Waals surface area (Å²) >= 11 is 0. The van der Waals surface area contributed by atoms with Crippen LogP contribution in [-0.2, 0) is 4.79 Å². The second kappa shape index (κ2) is 2.54. The molecule has 0 bridgehead atoms. The third kappa shape index (κ3) is 7.03. The van der Waals surface area contributed by atoms with Crippen molar-refractivity contribution in [1.82, 2.24) is 0 Å². The van der Waals surface area contributed by atoms with Gasteiger partial charge in [0.25, 0.3) is 0 Å². The Kier molecular flexibility index (Phi) is 2.27. The summed E-state index contributed by atoms with van der Waals surface area (Å²) in [7, 11) is 0. The fraction of sp³-hybridized carbons (Fsp3) is 0.571. The van der Waals surface area contributed by atoms with Crippen molar-refractivity contribution in [3.05, 3.63) is 0 Å². The van der Waals surface area contributed by atoms with Crippen LogP contribution in [0.5, 0.6) is 0 Å². The zero-order valence-corrected chi connectivity index (χ0v) is 5.86. The lowest BCUT2D eigenvalue weighted by molar-refractivity contribution is -0.130. The van der Waals surface area contributed by atoms with Crippen molar-refractivity contribution in [2.24, 2.45) is 5.41 Å². The number of hydrogen-bond acceptors (Lipinski definition) is 1. The molecule has 0 spiro atoms. The van der Waals surface area contributed by atoms with E-state index in [0.29, 0.717) is 0 Å². The first kappa shape index (κ1) is 8.03. The molecule has 0 saturated carbocycles. The van der Waals surface area contributed by atoms with Gasteiger partial charge in [0.2, 0.25) is 0 Å². The third-order valence-corrected chi connectivity index (χ3v) is 0.544. The van der Waals surface area contributed by atoms with Crippen molar-refractivity contribution in [2.75, 3.05) is 0 Å². The maximum Gasteiger partial charge on any atom is 0.381 e. The lowest BCUT2D eigenvalue weighted by Crippen LogP contribution is -2.01.